The lowest BCUT2D eigenvalue weighted by atomic mass is 9.80. The summed E-state index contributed by atoms with van der Waals surface area (Å²) in [7, 11) is -4.41. The zero-order chi connectivity index (χ0) is 26.0. The van der Waals surface area contributed by atoms with Gasteiger partial charge in [-0.15, -0.1) is 22.7 Å². The Hall–Kier alpha value is -2.38. The summed E-state index contributed by atoms with van der Waals surface area (Å²) in [5, 5.41) is 18.7. The Bertz CT molecular complexity index is 1340. The van der Waals surface area contributed by atoms with Gasteiger partial charge in [0.15, 0.2) is 5.03 Å². The van der Waals surface area contributed by atoms with Crippen LogP contribution < -0.4 is 10.6 Å². The smallest absolute Gasteiger partial charge is 0.284 e. The lowest BCUT2D eigenvalue weighted by molar-refractivity contribution is -0.138. The van der Waals surface area contributed by atoms with Gasteiger partial charge in [-0.05, 0) is 61.9 Å². The Labute approximate surface area is 224 Å². The Morgan fingerprint density at radius 3 is 2.68 bits per heavy atom. The summed E-state index contributed by atoms with van der Waals surface area (Å²) in [6.45, 7) is 0.772. The average molecular weight is 563 g/mol. The van der Waals surface area contributed by atoms with E-state index in [1.807, 2.05) is 17.5 Å². The highest BCUT2D eigenvalue weighted by molar-refractivity contribution is 7.89. The largest absolute Gasteiger partial charge is 0.390 e. The van der Waals surface area contributed by atoms with Crippen molar-refractivity contribution < 1.29 is 23.1 Å². The SMILES string of the molecule is O=C(NC1(C(=O)N(C2CCCNCC2O)S(=O)(=O)c2ccccn2)CCCCC1)c1cc2sccc2s1. The Morgan fingerprint density at radius 2 is 1.95 bits per heavy atom. The summed E-state index contributed by atoms with van der Waals surface area (Å²) in [5.74, 6) is -1.09. The standard InChI is InChI=1S/C25H30N4O5S3/c30-18-16-26-12-6-7-17(18)29(37(33,34)22-8-2-5-13-27-22)24(32)25(10-3-1-4-11-25)28-23(31)21-15-20-19(36-21)9-14-35-20/h2,5,8-9,13-15,17-18,26,30H,1,3-4,6-7,10-12,16H2,(H,28,31). The number of aromatic nitrogens is 1. The van der Waals surface area contributed by atoms with Crippen LogP contribution in [0.4, 0.5) is 0 Å². The molecule has 2 atom stereocenters. The fraction of sp³-hybridized carbons (Fsp3) is 0.480. The molecule has 3 aromatic heterocycles. The summed E-state index contributed by atoms with van der Waals surface area (Å²) in [5.41, 5.74) is -1.39. The molecule has 2 amide bonds. The minimum atomic E-state index is -4.41. The third-order valence-electron chi connectivity index (χ3n) is 7.15. The number of nitrogens with zero attached hydrogens (tertiary/aromatic N) is 2. The minimum absolute atomic E-state index is 0.164. The molecular formula is C25H30N4O5S3. The summed E-state index contributed by atoms with van der Waals surface area (Å²) >= 11 is 2.89. The molecule has 2 aliphatic rings. The van der Waals surface area contributed by atoms with Crippen LogP contribution in [-0.2, 0) is 14.8 Å². The van der Waals surface area contributed by atoms with Gasteiger partial charge in [0.05, 0.1) is 17.0 Å². The second-order valence-corrected chi connectivity index (χ2v) is 13.4. The van der Waals surface area contributed by atoms with E-state index in [2.05, 4.69) is 15.6 Å². The fourth-order valence-electron chi connectivity index (χ4n) is 5.24. The van der Waals surface area contributed by atoms with Crippen LogP contribution in [0.3, 0.4) is 0 Å². The van der Waals surface area contributed by atoms with Gasteiger partial charge in [-0.2, -0.15) is 8.42 Å². The first kappa shape index (κ1) is 26.2. The molecular weight excluding hydrogens is 532 g/mol. The first-order valence-electron chi connectivity index (χ1n) is 12.5. The molecule has 5 rings (SSSR count). The number of aliphatic hydroxyl groups excluding tert-OH is 1. The van der Waals surface area contributed by atoms with E-state index in [0.29, 0.717) is 49.9 Å². The highest BCUT2D eigenvalue weighted by atomic mass is 32.2. The summed E-state index contributed by atoms with van der Waals surface area (Å²) in [6, 6.07) is 7.28. The number of aliphatic hydroxyl groups is 1. The van der Waals surface area contributed by atoms with Crippen molar-refractivity contribution in [3.05, 3.63) is 46.8 Å². The van der Waals surface area contributed by atoms with E-state index in [1.165, 1.54) is 34.9 Å². The molecule has 1 aliphatic heterocycles. The van der Waals surface area contributed by atoms with Crippen LogP contribution in [0.5, 0.6) is 0 Å². The molecule has 3 aromatic rings. The Balaban J connectivity index is 1.55. The number of hydrogen-bond donors (Lipinski definition) is 3. The quantitative estimate of drug-likeness (QED) is 0.421. The predicted octanol–water partition coefficient (Wildman–Crippen LogP) is 3.12. The first-order chi connectivity index (χ1) is 17.8. The molecule has 4 heterocycles. The van der Waals surface area contributed by atoms with E-state index in [1.54, 1.807) is 12.1 Å². The van der Waals surface area contributed by atoms with Gasteiger partial charge in [0.25, 0.3) is 21.8 Å². The molecule has 2 unspecified atom stereocenters. The van der Waals surface area contributed by atoms with Gasteiger partial charge >= 0.3 is 0 Å². The molecule has 2 fully saturated rings. The second kappa shape index (κ2) is 10.8. The van der Waals surface area contributed by atoms with Crippen molar-refractivity contribution in [2.24, 2.45) is 0 Å². The number of thiophene rings is 2. The summed E-state index contributed by atoms with van der Waals surface area (Å²) < 4.78 is 30.7. The molecule has 37 heavy (non-hydrogen) atoms. The lowest BCUT2D eigenvalue weighted by Crippen LogP contribution is -2.64. The van der Waals surface area contributed by atoms with Gasteiger partial charge in [0.2, 0.25) is 0 Å². The number of carbonyl (C=O) groups excluding carboxylic acids is 2. The molecule has 0 aromatic carbocycles. The van der Waals surface area contributed by atoms with Gasteiger partial charge in [-0.3, -0.25) is 9.59 Å². The van der Waals surface area contributed by atoms with Crippen LogP contribution in [-0.4, -0.2) is 65.4 Å². The number of amides is 2. The number of hydrogen-bond acceptors (Lipinski definition) is 9. The zero-order valence-electron chi connectivity index (χ0n) is 20.3. The number of nitrogens with one attached hydrogen (secondary N) is 2. The van der Waals surface area contributed by atoms with Crippen molar-refractivity contribution in [3.8, 4) is 0 Å². The van der Waals surface area contributed by atoms with Crippen LogP contribution >= 0.6 is 22.7 Å². The molecule has 1 saturated heterocycles. The van der Waals surface area contributed by atoms with Gasteiger partial charge in [-0.25, -0.2) is 9.29 Å². The van der Waals surface area contributed by atoms with Crippen molar-refractivity contribution in [2.45, 2.75) is 67.7 Å². The normalized spacial score (nSPS) is 22.3. The Morgan fingerprint density at radius 1 is 1.14 bits per heavy atom. The van der Waals surface area contributed by atoms with Gasteiger partial charge in [0, 0.05) is 22.1 Å². The van der Waals surface area contributed by atoms with Crippen LogP contribution in [0.2, 0.25) is 0 Å². The highest BCUT2D eigenvalue weighted by Crippen LogP contribution is 2.36. The van der Waals surface area contributed by atoms with Crippen LogP contribution in [0.15, 0.2) is 46.9 Å². The molecule has 198 valence electrons. The van der Waals surface area contributed by atoms with E-state index < -0.39 is 33.6 Å². The molecule has 3 N–H and O–H groups in total. The number of β-amino-alcohol motifs (C(OH)–C–C–N with tert-alkyl or cyclic N) is 1. The van der Waals surface area contributed by atoms with E-state index >= 15 is 0 Å². The third kappa shape index (κ3) is 5.17. The molecule has 9 nitrogen and oxygen atoms in total. The van der Waals surface area contributed by atoms with Crippen LogP contribution in [0.25, 0.3) is 9.40 Å². The zero-order valence-corrected chi connectivity index (χ0v) is 22.7. The molecule has 0 spiro atoms. The molecule has 12 heteroatoms. The third-order valence-corrected chi connectivity index (χ3v) is 11.0. The van der Waals surface area contributed by atoms with Crippen LogP contribution in [0.1, 0.15) is 54.6 Å². The van der Waals surface area contributed by atoms with Gasteiger partial charge in [0.1, 0.15) is 5.54 Å². The maximum Gasteiger partial charge on any atom is 0.284 e. The van der Waals surface area contributed by atoms with E-state index in [4.69, 9.17) is 0 Å². The van der Waals surface area contributed by atoms with Crippen molar-refractivity contribution in [2.75, 3.05) is 13.1 Å². The number of sulfonamides is 1. The fourth-order valence-corrected chi connectivity index (χ4v) is 8.89. The molecule has 1 saturated carbocycles. The van der Waals surface area contributed by atoms with Crippen molar-refractivity contribution in [1.82, 2.24) is 19.9 Å². The summed E-state index contributed by atoms with van der Waals surface area (Å²) in [6.07, 6.45) is 4.06. The lowest BCUT2D eigenvalue weighted by Gasteiger charge is -2.42. The average Bonchev–Trinajstić information content (AvgIpc) is 3.45. The second-order valence-electron chi connectivity index (χ2n) is 9.61. The molecule has 1 aliphatic carbocycles. The number of carbonyl (C=O) groups is 2. The maximum absolute atomic E-state index is 14.5. The predicted molar refractivity (Wildman–Crippen MR) is 143 cm³/mol. The topological polar surface area (TPSA) is 129 Å². The highest BCUT2D eigenvalue weighted by Gasteiger charge is 2.50. The van der Waals surface area contributed by atoms with E-state index in [-0.39, 0.29) is 17.5 Å². The number of pyridine rings is 1. The molecule has 0 bridgehead atoms. The van der Waals surface area contributed by atoms with E-state index in [9.17, 15) is 23.1 Å². The van der Waals surface area contributed by atoms with E-state index in [0.717, 1.165) is 20.1 Å². The van der Waals surface area contributed by atoms with Crippen molar-refractivity contribution in [3.63, 3.8) is 0 Å². The monoisotopic (exact) mass is 562 g/mol. The number of rotatable bonds is 6. The number of fused-ring (bicyclic) bond motifs is 1. The molecule has 0 radical (unpaired) electrons. The van der Waals surface area contributed by atoms with Crippen molar-refractivity contribution in [1.29, 1.82) is 0 Å². The van der Waals surface area contributed by atoms with Gasteiger partial charge < -0.3 is 15.7 Å². The van der Waals surface area contributed by atoms with Gasteiger partial charge in [-0.1, -0.05) is 25.3 Å². The van der Waals surface area contributed by atoms with Crippen molar-refractivity contribution >= 4 is 53.9 Å². The van der Waals surface area contributed by atoms with Crippen LogP contribution in [0, 0.1) is 0 Å². The minimum Gasteiger partial charge on any atom is -0.390 e. The summed E-state index contributed by atoms with van der Waals surface area (Å²) in [4.78, 5) is 32.4. The first-order valence-corrected chi connectivity index (χ1v) is 15.6. The maximum atomic E-state index is 14.5. The Kier molecular flexibility index (Phi) is 7.64.